The van der Waals surface area contributed by atoms with Gasteiger partial charge in [0.15, 0.2) is 0 Å². The van der Waals surface area contributed by atoms with Gasteiger partial charge in [0, 0.05) is 0 Å². The molecule has 0 bridgehead atoms. The Hall–Kier alpha value is -1.45. The molecule has 1 aromatic carbocycles. The van der Waals surface area contributed by atoms with Crippen LogP contribution in [0.15, 0.2) is 12.1 Å². The van der Waals surface area contributed by atoms with E-state index in [-0.39, 0.29) is 5.46 Å². The molecule has 100 valence electrons. The monoisotopic (exact) mass is 265 g/mol. The van der Waals surface area contributed by atoms with Crippen LogP contribution in [-0.4, -0.2) is 18.3 Å². The van der Waals surface area contributed by atoms with E-state index in [2.05, 4.69) is 0 Å². The third-order valence-electron chi connectivity index (χ3n) is 3.70. The van der Waals surface area contributed by atoms with Gasteiger partial charge in [0.05, 0.1) is 11.2 Å². The van der Waals surface area contributed by atoms with Crippen molar-refractivity contribution in [3.8, 4) is 6.07 Å². The van der Waals surface area contributed by atoms with Crippen LogP contribution in [-0.2, 0) is 9.31 Å². The van der Waals surface area contributed by atoms with Crippen LogP contribution in [0.5, 0.6) is 0 Å². The molecule has 0 N–H and O–H groups in total. The zero-order chi connectivity index (χ0) is 14.4. The lowest BCUT2D eigenvalue weighted by atomic mass is 9.78. The van der Waals surface area contributed by atoms with Gasteiger partial charge >= 0.3 is 7.12 Å². The first-order chi connectivity index (χ1) is 8.68. The second-order valence-corrected chi connectivity index (χ2v) is 5.56. The molecule has 0 aromatic heterocycles. The van der Waals surface area contributed by atoms with Crippen LogP contribution < -0.4 is 5.46 Å². The summed E-state index contributed by atoms with van der Waals surface area (Å²) in [7, 11) is -0.846. The van der Waals surface area contributed by atoms with E-state index in [1.165, 1.54) is 6.07 Å². The molecule has 0 unspecified atom stereocenters. The van der Waals surface area contributed by atoms with E-state index >= 15 is 0 Å². The topological polar surface area (TPSA) is 42.2 Å². The summed E-state index contributed by atoms with van der Waals surface area (Å²) < 4.78 is 38.5. The largest absolute Gasteiger partial charge is 0.495 e. The molecule has 3 nitrogen and oxygen atoms in total. The SMILES string of the molecule is CC1(C)OB(c2cc(F)c(C#N)c(F)c2)OC1(C)C. The number of hydrogen-bond donors (Lipinski definition) is 0. The lowest BCUT2D eigenvalue weighted by Gasteiger charge is -2.32. The van der Waals surface area contributed by atoms with Crippen LogP contribution in [0.4, 0.5) is 8.78 Å². The van der Waals surface area contributed by atoms with Gasteiger partial charge in [0.1, 0.15) is 23.3 Å². The molecular formula is C13H14BF2NO2. The van der Waals surface area contributed by atoms with E-state index < -0.39 is 35.5 Å². The first-order valence-electron chi connectivity index (χ1n) is 5.92. The molecule has 6 heteroatoms. The summed E-state index contributed by atoms with van der Waals surface area (Å²) in [6.07, 6.45) is 0. The van der Waals surface area contributed by atoms with Crippen molar-refractivity contribution in [2.75, 3.05) is 0 Å². The van der Waals surface area contributed by atoms with Crippen LogP contribution >= 0.6 is 0 Å². The first-order valence-corrected chi connectivity index (χ1v) is 5.92. The maximum atomic E-state index is 13.6. The summed E-state index contributed by atoms with van der Waals surface area (Å²) in [4.78, 5) is 0. The number of rotatable bonds is 1. The third-order valence-corrected chi connectivity index (χ3v) is 3.70. The Morgan fingerprint density at radius 3 is 1.84 bits per heavy atom. The first kappa shape index (κ1) is 14.0. The Labute approximate surface area is 111 Å². The van der Waals surface area contributed by atoms with Gasteiger partial charge in [0.25, 0.3) is 0 Å². The predicted octanol–water partition coefficient (Wildman–Crippen LogP) is 2.14. The van der Waals surface area contributed by atoms with Gasteiger partial charge in [-0.25, -0.2) is 8.78 Å². The zero-order valence-electron chi connectivity index (χ0n) is 11.3. The molecule has 2 rings (SSSR count). The van der Waals surface area contributed by atoms with E-state index in [0.717, 1.165) is 12.1 Å². The molecule has 1 aliphatic rings. The second-order valence-electron chi connectivity index (χ2n) is 5.56. The average Bonchev–Trinajstić information content (AvgIpc) is 2.47. The summed E-state index contributed by atoms with van der Waals surface area (Å²) in [5, 5.41) is 8.63. The fourth-order valence-electron chi connectivity index (χ4n) is 1.81. The summed E-state index contributed by atoms with van der Waals surface area (Å²) >= 11 is 0. The zero-order valence-corrected chi connectivity index (χ0v) is 11.3. The van der Waals surface area contributed by atoms with Crippen molar-refractivity contribution in [2.24, 2.45) is 0 Å². The molecule has 0 atom stereocenters. The summed E-state index contributed by atoms with van der Waals surface area (Å²) in [6, 6.07) is 3.63. The Morgan fingerprint density at radius 1 is 1.05 bits per heavy atom. The van der Waals surface area contributed by atoms with Crippen molar-refractivity contribution in [1.29, 1.82) is 5.26 Å². The highest BCUT2D eigenvalue weighted by molar-refractivity contribution is 6.62. The van der Waals surface area contributed by atoms with Gasteiger partial charge in [-0.1, -0.05) is 0 Å². The van der Waals surface area contributed by atoms with E-state index in [9.17, 15) is 8.78 Å². The fraction of sp³-hybridized carbons (Fsp3) is 0.462. The lowest BCUT2D eigenvalue weighted by molar-refractivity contribution is 0.00578. The molecule has 1 saturated heterocycles. The highest BCUT2D eigenvalue weighted by Gasteiger charge is 2.51. The quantitative estimate of drug-likeness (QED) is 0.730. The van der Waals surface area contributed by atoms with Gasteiger partial charge in [0.2, 0.25) is 0 Å². The van der Waals surface area contributed by atoms with E-state index in [0.29, 0.717) is 0 Å². The standard InChI is InChI=1S/C13H14BF2NO2/c1-12(2)13(3,4)19-14(18-12)8-5-10(15)9(7-17)11(16)6-8/h5-6H,1-4H3. The molecule has 1 fully saturated rings. The molecular weight excluding hydrogens is 251 g/mol. The average molecular weight is 265 g/mol. The molecule has 0 radical (unpaired) electrons. The molecule has 1 aliphatic heterocycles. The van der Waals surface area contributed by atoms with E-state index in [4.69, 9.17) is 14.6 Å². The van der Waals surface area contributed by atoms with Crippen molar-refractivity contribution in [3.05, 3.63) is 29.3 Å². The summed E-state index contributed by atoms with van der Waals surface area (Å²) in [6.45, 7) is 7.40. The maximum absolute atomic E-state index is 13.6. The number of benzene rings is 1. The van der Waals surface area contributed by atoms with Crippen LogP contribution in [0.2, 0.25) is 0 Å². The van der Waals surface area contributed by atoms with Crippen molar-refractivity contribution in [3.63, 3.8) is 0 Å². The molecule has 1 heterocycles. The van der Waals surface area contributed by atoms with Crippen LogP contribution in [0.3, 0.4) is 0 Å². The van der Waals surface area contributed by atoms with Crippen molar-refractivity contribution in [2.45, 2.75) is 38.9 Å². The van der Waals surface area contributed by atoms with Gasteiger partial charge < -0.3 is 9.31 Å². The lowest BCUT2D eigenvalue weighted by Crippen LogP contribution is -2.41. The minimum Gasteiger partial charge on any atom is -0.399 e. The maximum Gasteiger partial charge on any atom is 0.495 e. The summed E-state index contributed by atoms with van der Waals surface area (Å²) in [5.41, 5.74) is -1.54. The van der Waals surface area contributed by atoms with Crippen molar-refractivity contribution in [1.82, 2.24) is 0 Å². The summed E-state index contributed by atoms with van der Waals surface area (Å²) in [5.74, 6) is -1.82. The number of nitrogens with zero attached hydrogens (tertiary/aromatic N) is 1. The Morgan fingerprint density at radius 2 is 1.47 bits per heavy atom. The molecule has 0 aliphatic carbocycles. The van der Waals surface area contributed by atoms with E-state index in [1.54, 1.807) is 0 Å². The number of hydrogen-bond acceptors (Lipinski definition) is 3. The minimum absolute atomic E-state index is 0.229. The number of halogens is 2. The molecule has 1 aromatic rings. The molecule has 19 heavy (non-hydrogen) atoms. The van der Waals surface area contributed by atoms with Gasteiger partial charge in [-0.15, -0.1) is 0 Å². The Balaban J connectivity index is 2.39. The highest BCUT2D eigenvalue weighted by atomic mass is 19.1. The molecule has 0 spiro atoms. The Kier molecular flexibility index (Phi) is 3.16. The van der Waals surface area contributed by atoms with Crippen molar-refractivity contribution < 1.29 is 18.1 Å². The second kappa shape index (κ2) is 4.29. The molecule has 0 amide bonds. The van der Waals surface area contributed by atoms with Gasteiger partial charge in [-0.05, 0) is 45.3 Å². The van der Waals surface area contributed by atoms with E-state index in [1.807, 2.05) is 27.7 Å². The fourth-order valence-corrected chi connectivity index (χ4v) is 1.81. The predicted molar refractivity (Wildman–Crippen MR) is 66.8 cm³/mol. The third kappa shape index (κ3) is 2.24. The number of nitriles is 1. The van der Waals surface area contributed by atoms with Gasteiger partial charge in [-0.3, -0.25) is 0 Å². The smallest absolute Gasteiger partial charge is 0.399 e. The van der Waals surface area contributed by atoms with Gasteiger partial charge in [-0.2, -0.15) is 5.26 Å². The van der Waals surface area contributed by atoms with Crippen LogP contribution in [0, 0.1) is 23.0 Å². The Bertz CT molecular complexity index is 527. The molecule has 0 saturated carbocycles. The van der Waals surface area contributed by atoms with Crippen LogP contribution in [0.1, 0.15) is 33.3 Å². The van der Waals surface area contributed by atoms with Crippen LogP contribution in [0.25, 0.3) is 0 Å². The highest BCUT2D eigenvalue weighted by Crippen LogP contribution is 2.36. The van der Waals surface area contributed by atoms with Crippen molar-refractivity contribution >= 4 is 12.6 Å². The normalized spacial score (nSPS) is 20.4. The minimum atomic E-state index is -0.910.